The Morgan fingerprint density at radius 1 is 0.697 bits per heavy atom. The number of thioether (sulfide) groups is 2. The molecule has 0 unspecified atom stereocenters. The van der Waals surface area contributed by atoms with Crippen molar-refractivity contribution in [2.45, 2.75) is 23.3 Å². The summed E-state index contributed by atoms with van der Waals surface area (Å²) in [7, 11) is 0. The minimum absolute atomic E-state index is 0.105. The second-order valence-electron chi connectivity index (χ2n) is 8.99. The molecule has 33 heavy (non-hydrogen) atoms. The van der Waals surface area contributed by atoms with Crippen molar-refractivity contribution in [3.05, 3.63) is 112 Å². The molecule has 0 amide bonds. The lowest BCUT2D eigenvalue weighted by Gasteiger charge is -2.43. The highest BCUT2D eigenvalue weighted by atomic mass is 32.2. The molecule has 2 aliphatic heterocycles. The van der Waals surface area contributed by atoms with Crippen molar-refractivity contribution >= 4 is 66.2 Å². The van der Waals surface area contributed by atoms with Crippen LogP contribution in [0.2, 0.25) is 0 Å². The van der Waals surface area contributed by atoms with Gasteiger partial charge in [-0.2, -0.15) is 0 Å². The quantitative estimate of drug-likeness (QED) is 0.318. The first kappa shape index (κ1) is 19.9. The first-order chi connectivity index (χ1) is 16.1. The fraction of sp³-hybridized carbons (Fsp3) is 0.138. The summed E-state index contributed by atoms with van der Waals surface area (Å²) in [6.07, 6.45) is 2.46. The van der Waals surface area contributed by atoms with Crippen molar-refractivity contribution in [3.8, 4) is 0 Å². The van der Waals surface area contributed by atoms with Crippen LogP contribution < -0.4 is 9.75 Å². The average molecular weight is 480 g/mol. The minimum atomic E-state index is -0.165. The Bertz CT molecular complexity index is 1630. The van der Waals surface area contributed by atoms with E-state index in [1.807, 2.05) is 34.9 Å². The Balaban J connectivity index is 1.59. The molecule has 0 fully saturated rings. The first-order valence-electron chi connectivity index (χ1n) is 11.1. The lowest BCUT2D eigenvalue weighted by Crippen LogP contribution is -2.52. The summed E-state index contributed by atoms with van der Waals surface area (Å²) in [5.74, 6) is 0. The third-order valence-electron chi connectivity index (χ3n) is 7.14. The summed E-state index contributed by atoms with van der Waals surface area (Å²) in [4.78, 5) is 6.73. The van der Waals surface area contributed by atoms with Gasteiger partial charge in [0.25, 0.3) is 0 Å². The predicted molar refractivity (Wildman–Crippen MR) is 147 cm³/mol. The fourth-order valence-electron chi connectivity index (χ4n) is 5.22. The van der Waals surface area contributed by atoms with Gasteiger partial charge in [0.05, 0.1) is 15.2 Å². The van der Waals surface area contributed by atoms with E-state index >= 15 is 0 Å². The van der Waals surface area contributed by atoms with E-state index in [1.165, 1.54) is 47.1 Å². The number of allylic oxidation sites excluding steroid dienone is 1. The Morgan fingerprint density at radius 3 is 2.12 bits per heavy atom. The molecule has 2 atom stereocenters. The fourth-order valence-corrected chi connectivity index (χ4v) is 9.62. The molecule has 3 heterocycles. The van der Waals surface area contributed by atoms with Crippen LogP contribution >= 0.6 is 34.9 Å². The van der Waals surface area contributed by atoms with Crippen LogP contribution in [0.15, 0.2) is 96.0 Å². The van der Waals surface area contributed by atoms with Crippen molar-refractivity contribution < 1.29 is 0 Å². The van der Waals surface area contributed by atoms with Gasteiger partial charge < -0.3 is 0 Å². The summed E-state index contributed by atoms with van der Waals surface area (Å²) < 4.78 is 2.46. The highest BCUT2D eigenvalue weighted by molar-refractivity contribution is 8.18. The molecular formula is C29H21NS3. The van der Waals surface area contributed by atoms with Gasteiger partial charge in [-0.1, -0.05) is 90.6 Å². The molecule has 1 aliphatic carbocycles. The van der Waals surface area contributed by atoms with Crippen molar-refractivity contribution in [1.29, 1.82) is 0 Å². The van der Waals surface area contributed by atoms with Gasteiger partial charge in [0.15, 0.2) is 0 Å². The van der Waals surface area contributed by atoms with E-state index in [0.717, 1.165) is 5.04 Å². The Hall–Kier alpha value is -2.53. The van der Waals surface area contributed by atoms with Gasteiger partial charge in [0.1, 0.15) is 5.04 Å². The summed E-state index contributed by atoms with van der Waals surface area (Å²) in [5.41, 5.74) is 5.19. The van der Waals surface area contributed by atoms with E-state index in [9.17, 15) is 0 Å². The van der Waals surface area contributed by atoms with Gasteiger partial charge in [-0.3, -0.25) is 0 Å². The van der Waals surface area contributed by atoms with Gasteiger partial charge in [-0.15, -0.1) is 23.1 Å². The third-order valence-corrected chi connectivity index (χ3v) is 11.6. The monoisotopic (exact) mass is 479 g/mol. The topological polar surface area (TPSA) is 12.4 Å². The molecule has 0 spiro atoms. The second kappa shape index (κ2) is 6.99. The number of hydrogen-bond donors (Lipinski definition) is 0. The summed E-state index contributed by atoms with van der Waals surface area (Å²) in [6, 6.07) is 30.3. The van der Waals surface area contributed by atoms with Crippen LogP contribution in [-0.4, -0.2) is 14.5 Å². The van der Waals surface area contributed by atoms with E-state index in [4.69, 9.17) is 4.99 Å². The van der Waals surface area contributed by atoms with Crippen molar-refractivity contribution in [1.82, 2.24) is 0 Å². The standard InChI is InChI=1S/C29H21NS3/c1-28-21(17-23(32-28)18-11-5-3-6-12-18)25-24(20-15-9-10-16-22(20)31-25)26-29(28,2)33-27(30-26)19-13-7-4-8-14-19/h3-17H,1-2H3/t28-,29-/m1/s1. The molecule has 0 bridgehead atoms. The molecule has 3 aromatic carbocycles. The number of hydrogen-bond acceptors (Lipinski definition) is 4. The van der Waals surface area contributed by atoms with E-state index < -0.39 is 0 Å². The number of aliphatic imine (C=N–C) groups is 1. The van der Waals surface area contributed by atoms with Gasteiger partial charge in [-0.25, -0.2) is 4.99 Å². The molecule has 0 saturated carbocycles. The maximum atomic E-state index is 5.37. The number of thiophene rings is 1. The van der Waals surface area contributed by atoms with Crippen LogP contribution in [0.3, 0.4) is 0 Å². The minimum Gasteiger partial charge on any atom is -0.244 e. The second-order valence-corrected chi connectivity index (χ2v) is 12.9. The summed E-state index contributed by atoms with van der Waals surface area (Å²) >= 11 is 5.87. The average Bonchev–Trinajstić information content (AvgIpc) is 3.52. The Labute approximate surface area is 205 Å². The first-order valence-corrected chi connectivity index (χ1v) is 13.6. The van der Waals surface area contributed by atoms with Gasteiger partial charge in [-0.05, 0) is 37.1 Å². The molecule has 1 aromatic heterocycles. The van der Waals surface area contributed by atoms with Crippen LogP contribution in [0, 0.1) is 0 Å². The molecule has 4 aromatic rings. The van der Waals surface area contributed by atoms with Crippen molar-refractivity contribution in [2.24, 2.45) is 4.99 Å². The van der Waals surface area contributed by atoms with E-state index in [2.05, 4.69) is 105 Å². The van der Waals surface area contributed by atoms with Crippen LogP contribution in [0.4, 0.5) is 0 Å². The molecule has 3 aliphatic rings. The van der Waals surface area contributed by atoms with Crippen molar-refractivity contribution in [3.63, 3.8) is 0 Å². The zero-order valence-electron chi connectivity index (χ0n) is 18.3. The maximum absolute atomic E-state index is 5.37. The van der Waals surface area contributed by atoms with E-state index in [0.29, 0.717) is 0 Å². The summed E-state index contributed by atoms with van der Waals surface area (Å²) in [6.45, 7) is 4.85. The molecule has 0 saturated heterocycles. The number of nitrogens with zero attached hydrogens (tertiary/aromatic N) is 1. The molecule has 4 heteroatoms. The van der Waals surface area contributed by atoms with E-state index in [-0.39, 0.29) is 9.49 Å². The zero-order valence-corrected chi connectivity index (χ0v) is 20.8. The van der Waals surface area contributed by atoms with Crippen molar-refractivity contribution in [2.75, 3.05) is 0 Å². The normalized spacial score (nSPS) is 25.5. The molecule has 0 radical (unpaired) electrons. The van der Waals surface area contributed by atoms with Gasteiger partial charge in [0.2, 0.25) is 0 Å². The molecule has 7 rings (SSSR count). The molecule has 0 N–H and O–H groups in total. The highest BCUT2D eigenvalue weighted by Crippen LogP contribution is 2.64. The number of rotatable bonds is 2. The number of fused-ring (bicyclic) bond motifs is 6. The lowest BCUT2D eigenvalue weighted by molar-refractivity contribution is 0.683. The zero-order chi connectivity index (χ0) is 22.2. The molecule has 160 valence electrons. The SMILES string of the molecule is C[C@@]12SC(c3ccccc3)=CC1=c1sc3ccccc3c1=C1N=C(c3ccccc3)S[C@]12C. The molecular weight excluding hydrogens is 459 g/mol. The number of benzene rings is 3. The van der Waals surface area contributed by atoms with E-state index in [1.54, 1.807) is 0 Å². The predicted octanol–water partition coefficient (Wildman–Crippen LogP) is 6.67. The maximum Gasteiger partial charge on any atom is 0.105 e. The van der Waals surface area contributed by atoms with Crippen LogP contribution in [-0.2, 0) is 0 Å². The molecule has 1 nitrogen and oxygen atoms in total. The lowest BCUT2D eigenvalue weighted by atomic mass is 9.80. The Kier molecular flexibility index (Phi) is 4.21. The largest absolute Gasteiger partial charge is 0.244 e. The smallest absolute Gasteiger partial charge is 0.105 e. The Morgan fingerprint density at radius 2 is 1.36 bits per heavy atom. The summed E-state index contributed by atoms with van der Waals surface area (Å²) in [5, 5.41) is 3.80. The van der Waals surface area contributed by atoms with Crippen LogP contribution in [0.5, 0.6) is 0 Å². The van der Waals surface area contributed by atoms with Crippen LogP contribution in [0.25, 0.3) is 26.3 Å². The van der Waals surface area contributed by atoms with Crippen LogP contribution in [0.1, 0.15) is 25.0 Å². The highest BCUT2D eigenvalue weighted by Gasteiger charge is 2.58. The van der Waals surface area contributed by atoms with Gasteiger partial charge in [0, 0.05) is 30.3 Å². The third kappa shape index (κ3) is 2.66. The van der Waals surface area contributed by atoms with Gasteiger partial charge >= 0.3 is 0 Å².